The van der Waals surface area contributed by atoms with Crippen molar-refractivity contribution in [3.05, 3.63) is 53.9 Å². The third kappa shape index (κ3) is 4.46. The zero-order chi connectivity index (χ0) is 15.2. The summed E-state index contributed by atoms with van der Waals surface area (Å²) in [6.07, 6.45) is 3.96. The molecule has 2 rings (SSSR count). The summed E-state index contributed by atoms with van der Waals surface area (Å²) < 4.78 is 1.91. The Morgan fingerprint density at radius 3 is 2.62 bits per heavy atom. The van der Waals surface area contributed by atoms with Crippen molar-refractivity contribution in [1.82, 2.24) is 9.88 Å². The van der Waals surface area contributed by atoms with Crippen LogP contribution in [0.5, 0.6) is 0 Å². The largest absolute Gasteiger partial charge is 0.345 e. The lowest BCUT2D eigenvalue weighted by atomic mass is 10.2. The van der Waals surface area contributed by atoms with E-state index in [-0.39, 0.29) is 5.91 Å². The molecule has 2 aromatic rings. The average Bonchev–Trinajstić information content (AvgIpc) is 2.90. The predicted octanol–water partition coefficient (Wildman–Crippen LogP) is 3.11. The molecule has 0 saturated carbocycles. The fraction of sp³-hybridized carbons (Fsp3) is 0.353. The molecule has 1 aromatic heterocycles. The molecule has 2 N–H and O–H groups in total. The van der Waals surface area contributed by atoms with Crippen LogP contribution < -0.4 is 10.6 Å². The Hall–Kier alpha value is -2.07. The van der Waals surface area contributed by atoms with Crippen molar-refractivity contribution in [2.24, 2.45) is 0 Å². The van der Waals surface area contributed by atoms with Gasteiger partial charge < -0.3 is 15.2 Å². The van der Waals surface area contributed by atoms with E-state index >= 15 is 0 Å². The van der Waals surface area contributed by atoms with E-state index in [4.69, 9.17) is 0 Å². The average molecular weight is 285 g/mol. The second-order valence-corrected chi connectivity index (χ2v) is 5.31. The molecule has 0 aliphatic heterocycles. The molecule has 0 fully saturated rings. The number of hydrogen-bond acceptors (Lipinski definition) is 2. The quantitative estimate of drug-likeness (QED) is 0.856. The SMILES string of the molecule is CCNC(C)c1ccn(CC(=O)Nc2ccc(C)cc2)c1. The molecular formula is C17H23N3O. The highest BCUT2D eigenvalue weighted by molar-refractivity contribution is 5.90. The Morgan fingerprint density at radius 1 is 1.24 bits per heavy atom. The van der Waals surface area contributed by atoms with Gasteiger partial charge in [0.1, 0.15) is 6.54 Å². The summed E-state index contributed by atoms with van der Waals surface area (Å²) in [5.41, 5.74) is 3.21. The molecular weight excluding hydrogens is 262 g/mol. The Morgan fingerprint density at radius 2 is 1.95 bits per heavy atom. The third-order valence-electron chi connectivity index (χ3n) is 3.45. The maximum absolute atomic E-state index is 12.0. The van der Waals surface area contributed by atoms with Crippen molar-refractivity contribution >= 4 is 11.6 Å². The number of aryl methyl sites for hydroxylation is 1. The van der Waals surface area contributed by atoms with Crippen molar-refractivity contribution in [2.45, 2.75) is 33.4 Å². The van der Waals surface area contributed by atoms with E-state index in [0.29, 0.717) is 12.6 Å². The van der Waals surface area contributed by atoms with Gasteiger partial charge in [0.25, 0.3) is 0 Å². The maximum atomic E-state index is 12.0. The van der Waals surface area contributed by atoms with Gasteiger partial charge in [0.2, 0.25) is 5.91 Å². The molecule has 1 unspecified atom stereocenters. The van der Waals surface area contributed by atoms with E-state index in [9.17, 15) is 4.79 Å². The Balaban J connectivity index is 1.92. The van der Waals surface area contributed by atoms with Gasteiger partial charge in [-0.3, -0.25) is 4.79 Å². The minimum atomic E-state index is -0.0166. The molecule has 0 bridgehead atoms. The number of amides is 1. The molecule has 0 aliphatic carbocycles. The van der Waals surface area contributed by atoms with Crippen molar-refractivity contribution in [3.8, 4) is 0 Å². The van der Waals surface area contributed by atoms with Crippen LogP contribution >= 0.6 is 0 Å². The van der Waals surface area contributed by atoms with E-state index < -0.39 is 0 Å². The lowest BCUT2D eigenvalue weighted by Gasteiger charge is -2.10. The summed E-state index contributed by atoms with van der Waals surface area (Å²) in [5, 5.41) is 6.27. The number of benzene rings is 1. The van der Waals surface area contributed by atoms with Crippen molar-refractivity contribution in [2.75, 3.05) is 11.9 Å². The molecule has 1 atom stereocenters. The van der Waals surface area contributed by atoms with Gasteiger partial charge in [-0.25, -0.2) is 0 Å². The van der Waals surface area contributed by atoms with Crippen molar-refractivity contribution < 1.29 is 4.79 Å². The topological polar surface area (TPSA) is 46.1 Å². The molecule has 0 saturated heterocycles. The lowest BCUT2D eigenvalue weighted by molar-refractivity contribution is -0.116. The number of carbonyl (C=O) groups excluding carboxylic acids is 1. The number of rotatable bonds is 6. The summed E-state index contributed by atoms with van der Waals surface area (Å²) >= 11 is 0. The summed E-state index contributed by atoms with van der Waals surface area (Å²) in [6.45, 7) is 7.49. The molecule has 21 heavy (non-hydrogen) atoms. The molecule has 1 amide bonds. The van der Waals surface area contributed by atoms with Crippen molar-refractivity contribution in [3.63, 3.8) is 0 Å². The van der Waals surface area contributed by atoms with E-state index in [1.807, 2.05) is 54.2 Å². The maximum Gasteiger partial charge on any atom is 0.244 e. The number of nitrogens with one attached hydrogen (secondary N) is 2. The number of carbonyl (C=O) groups is 1. The van der Waals surface area contributed by atoms with Gasteiger partial charge in [0.05, 0.1) is 0 Å². The molecule has 4 nitrogen and oxygen atoms in total. The normalized spacial score (nSPS) is 12.1. The zero-order valence-corrected chi connectivity index (χ0v) is 12.9. The van der Waals surface area contributed by atoms with Gasteiger partial charge in [-0.15, -0.1) is 0 Å². The van der Waals surface area contributed by atoms with Gasteiger partial charge in [0, 0.05) is 24.1 Å². The highest BCUT2D eigenvalue weighted by Gasteiger charge is 2.08. The molecule has 4 heteroatoms. The van der Waals surface area contributed by atoms with Crippen LogP contribution in [0.25, 0.3) is 0 Å². The standard InChI is InChI=1S/C17H23N3O/c1-4-18-14(3)15-9-10-20(11-15)12-17(21)19-16-7-5-13(2)6-8-16/h5-11,14,18H,4,12H2,1-3H3,(H,19,21). The number of aromatic nitrogens is 1. The summed E-state index contributed by atoms with van der Waals surface area (Å²) in [7, 11) is 0. The molecule has 112 valence electrons. The lowest BCUT2D eigenvalue weighted by Crippen LogP contribution is -2.19. The van der Waals surface area contributed by atoms with Gasteiger partial charge in [-0.2, -0.15) is 0 Å². The Kier molecular flexibility index (Phi) is 5.17. The van der Waals surface area contributed by atoms with Gasteiger partial charge in [-0.1, -0.05) is 24.6 Å². The van der Waals surface area contributed by atoms with Crippen molar-refractivity contribution in [1.29, 1.82) is 0 Å². The smallest absolute Gasteiger partial charge is 0.244 e. The Bertz CT molecular complexity index is 586. The van der Waals surface area contributed by atoms with Crippen LogP contribution in [0.2, 0.25) is 0 Å². The first kappa shape index (κ1) is 15.3. The first-order valence-corrected chi connectivity index (χ1v) is 7.34. The molecule has 0 spiro atoms. The van der Waals surface area contributed by atoms with Crippen LogP contribution in [0.3, 0.4) is 0 Å². The molecule has 1 aromatic carbocycles. The fourth-order valence-corrected chi connectivity index (χ4v) is 2.24. The second-order valence-electron chi connectivity index (χ2n) is 5.31. The zero-order valence-electron chi connectivity index (χ0n) is 12.9. The van der Waals surface area contributed by atoms with Crippen LogP contribution in [0, 0.1) is 6.92 Å². The monoisotopic (exact) mass is 285 g/mol. The highest BCUT2D eigenvalue weighted by atomic mass is 16.1. The van der Waals surface area contributed by atoms with Crippen LogP contribution in [-0.4, -0.2) is 17.0 Å². The second kappa shape index (κ2) is 7.09. The van der Waals surface area contributed by atoms with Crippen LogP contribution in [0.4, 0.5) is 5.69 Å². The number of anilines is 1. The minimum absolute atomic E-state index is 0.0166. The first-order valence-electron chi connectivity index (χ1n) is 7.34. The van der Waals surface area contributed by atoms with Crippen LogP contribution in [0.15, 0.2) is 42.7 Å². The molecule has 0 aliphatic rings. The summed E-state index contributed by atoms with van der Waals surface area (Å²) in [5.74, 6) is -0.0166. The van der Waals surface area contributed by atoms with Crippen LogP contribution in [-0.2, 0) is 11.3 Å². The Labute approximate surface area is 126 Å². The van der Waals surface area contributed by atoms with Gasteiger partial charge >= 0.3 is 0 Å². The van der Waals surface area contributed by atoms with Gasteiger partial charge in [0.15, 0.2) is 0 Å². The summed E-state index contributed by atoms with van der Waals surface area (Å²) in [4.78, 5) is 12.0. The van der Waals surface area contributed by atoms with E-state index in [0.717, 1.165) is 12.2 Å². The number of hydrogen-bond donors (Lipinski definition) is 2. The minimum Gasteiger partial charge on any atom is -0.345 e. The van der Waals surface area contributed by atoms with E-state index in [2.05, 4.69) is 24.5 Å². The third-order valence-corrected chi connectivity index (χ3v) is 3.45. The predicted molar refractivity (Wildman–Crippen MR) is 86.3 cm³/mol. The van der Waals surface area contributed by atoms with Gasteiger partial charge in [-0.05, 0) is 44.2 Å². The first-order chi connectivity index (χ1) is 10.1. The van der Waals surface area contributed by atoms with E-state index in [1.165, 1.54) is 11.1 Å². The van der Waals surface area contributed by atoms with E-state index in [1.54, 1.807) is 0 Å². The fourth-order valence-electron chi connectivity index (χ4n) is 2.24. The van der Waals surface area contributed by atoms with Crippen LogP contribution in [0.1, 0.15) is 31.0 Å². The number of nitrogens with zero attached hydrogens (tertiary/aromatic N) is 1. The molecule has 0 radical (unpaired) electrons. The molecule has 1 heterocycles. The highest BCUT2D eigenvalue weighted by Crippen LogP contribution is 2.13. The summed E-state index contributed by atoms with van der Waals surface area (Å²) in [6, 6.07) is 10.2.